The van der Waals surface area contributed by atoms with Gasteiger partial charge in [0.25, 0.3) is 0 Å². The molecule has 2 rings (SSSR count). The molecule has 1 heterocycles. The molecule has 0 atom stereocenters. The second kappa shape index (κ2) is 4.45. The molecule has 0 unspecified atom stereocenters. The lowest BCUT2D eigenvalue weighted by Crippen LogP contribution is -2.09. The maximum atomic E-state index is 13.1. The fourth-order valence-electron chi connectivity index (χ4n) is 1.69. The van der Waals surface area contributed by atoms with Crippen molar-refractivity contribution in [2.75, 3.05) is 7.05 Å². The predicted molar refractivity (Wildman–Crippen MR) is 61.4 cm³/mol. The quantitative estimate of drug-likeness (QED) is 0.855. The van der Waals surface area contributed by atoms with E-state index in [0.29, 0.717) is 0 Å². The van der Waals surface area contributed by atoms with Gasteiger partial charge in [0.2, 0.25) is 0 Å². The number of aromatic nitrogens is 2. The summed E-state index contributed by atoms with van der Waals surface area (Å²) >= 11 is 0. The van der Waals surface area contributed by atoms with Crippen LogP contribution in [0.4, 0.5) is 4.39 Å². The summed E-state index contributed by atoms with van der Waals surface area (Å²) in [5.41, 5.74) is 1.87. The average molecular weight is 219 g/mol. The van der Waals surface area contributed by atoms with Gasteiger partial charge < -0.3 is 9.88 Å². The van der Waals surface area contributed by atoms with E-state index in [0.717, 1.165) is 23.6 Å². The Kier molecular flexibility index (Phi) is 3.01. The van der Waals surface area contributed by atoms with Crippen molar-refractivity contribution >= 4 is 0 Å². The molecule has 0 fully saturated rings. The van der Waals surface area contributed by atoms with Crippen molar-refractivity contribution in [2.24, 2.45) is 7.05 Å². The Morgan fingerprint density at radius 3 is 2.94 bits per heavy atom. The van der Waals surface area contributed by atoms with Gasteiger partial charge in [-0.2, -0.15) is 0 Å². The molecule has 0 aliphatic rings. The van der Waals surface area contributed by atoms with Crippen molar-refractivity contribution in [1.29, 1.82) is 0 Å². The number of hydrogen-bond acceptors (Lipinski definition) is 2. The number of imidazole rings is 1. The number of nitrogens with zero attached hydrogens (tertiary/aromatic N) is 2. The van der Waals surface area contributed by atoms with Gasteiger partial charge in [0.05, 0.1) is 11.9 Å². The number of halogens is 1. The van der Waals surface area contributed by atoms with Crippen molar-refractivity contribution in [3.8, 4) is 11.4 Å². The zero-order valence-electron chi connectivity index (χ0n) is 9.37. The molecule has 0 radical (unpaired) electrons. The second-order valence-corrected chi connectivity index (χ2v) is 3.67. The van der Waals surface area contributed by atoms with Crippen LogP contribution in [0.2, 0.25) is 0 Å². The first-order valence-electron chi connectivity index (χ1n) is 5.13. The van der Waals surface area contributed by atoms with E-state index in [-0.39, 0.29) is 5.82 Å². The second-order valence-electron chi connectivity index (χ2n) is 3.67. The van der Waals surface area contributed by atoms with Crippen LogP contribution in [0, 0.1) is 5.82 Å². The summed E-state index contributed by atoms with van der Waals surface area (Å²) in [5.74, 6) is 0.542. The summed E-state index contributed by atoms with van der Waals surface area (Å²) in [5, 5.41) is 3.07. The highest BCUT2D eigenvalue weighted by Gasteiger charge is 2.08. The molecule has 0 aliphatic heterocycles. The van der Waals surface area contributed by atoms with Crippen LogP contribution in [0.5, 0.6) is 0 Å². The molecular formula is C12H14FN3. The molecule has 0 amide bonds. The number of rotatable bonds is 3. The zero-order valence-corrected chi connectivity index (χ0v) is 9.37. The molecule has 4 heteroatoms. The highest BCUT2D eigenvalue weighted by atomic mass is 19.1. The SMILES string of the molecule is CNCc1cnc(-c2cccc(F)c2)n1C. The van der Waals surface area contributed by atoms with Gasteiger partial charge in [-0.05, 0) is 19.2 Å². The Labute approximate surface area is 93.9 Å². The van der Waals surface area contributed by atoms with Crippen molar-refractivity contribution < 1.29 is 4.39 Å². The molecular weight excluding hydrogens is 205 g/mol. The zero-order chi connectivity index (χ0) is 11.5. The topological polar surface area (TPSA) is 29.9 Å². The van der Waals surface area contributed by atoms with E-state index in [2.05, 4.69) is 10.3 Å². The highest BCUT2D eigenvalue weighted by molar-refractivity contribution is 5.55. The van der Waals surface area contributed by atoms with Crippen LogP contribution in [-0.4, -0.2) is 16.6 Å². The van der Waals surface area contributed by atoms with Gasteiger partial charge in [-0.3, -0.25) is 0 Å². The Hall–Kier alpha value is -1.68. The molecule has 3 nitrogen and oxygen atoms in total. The Morgan fingerprint density at radius 2 is 2.25 bits per heavy atom. The molecule has 0 spiro atoms. The molecule has 0 aliphatic carbocycles. The lowest BCUT2D eigenvalue weighted by atomic mass is 10.2. The molecule has 0 saturated carbocycles. The average Bonchev–Trinajstić information content (AvgIpc) is 2.61. The van der Waals surface area contributed by atoms with E-state index in [1.807, 2.05) is 24.7 Å². The van der Waals surface area contributed by atoms with Crippen LogP contribution in [0.3, 0.4) is 0 Å². The summed E-state index contributed by atoms with van der Waals surface area (Å²) < 4.78 is 15.1. The maximum Gasteiger partial charge on any atom is 0.139 e. The normalized spacial score (nSPS) is 10.7. The van der Waals surface area contributed by atoms with Crippen molar-refractivity contribution in [3.05, 3.63) is 42.0 Å². The summed E-state index contributed by atoms with van der Waals surface area (Å²) in [6.45, 7) is 0.749. The first-order valence-corrected chi connectivity index (χ1v) is 5.13. The Morgan fingerprint density at radius 1 is 1.44 bits per heavy atom. The fourth-order valence-corrected chi connectivity index (χ4v) is 1.69. The molecule has 2 aromatic rings. The monoisotopic (exact) mass is 219 g/mol. The van der Waals surface area contributed by atoms with Gasteiger partial charge in [-0.25, -0.2) is 9.37 Å². The van der Waals surface area contributed by atoms with Crippen molar-refractivity contribution in [2.45, 2.75) is 6.54 Å². The van der Waals surface area contributed by atoms with E-state index in [9.17, 15) is 4.39 Å². The van der Waals surface area contributed by atoms with Crippen LogP contribution in [-0.2, 0) is 13.6 Å². The lowest BCUT2D eigenvalue weighted by Gasteiger charge is -2.05. The third kappa shape index (κ3) is 1.97. The predicted octanol–water partition coefficient (Wildman–Crippen LogP) is 1.95. The van der Waals surface area contributed by atoms with Gasteiger partial charge in [-0.1, -0.05) is 12.1 Å². The minimum Gasteiger partial charge on any atom is -0.330 e. The molecule has 16 heavy (non-hydrogen) atoms. The number of nitrogens with one attached hydrogen (secondary N) is 1. The molecule has 84 valence electrons. The molecule has 1 aromatic heterocycles. The van der Waals surface area contributed by atoms with Crippen molar-refractivity contribution in [1.82, 2.24) is 14.9 Å². The van der Waals surface area contributed by atoms with Gasteiger partial charge in [0.15, 0.2) is 0 Å². The first kappa shape index (κ1) is 10.8. The number of benzene rings is 1. The van der Waals surface area contributed by atoms with Crippen molar-refractivity contribution in [3.63, 3.8) is 0 Å². The maximum absolute atomic E-state index is 13.1. The standard InChI is InChI=1S/C12H14FN3/c1-14-7-11-8-15-12(16(11)2)9-4-3-5-10(13)6-9/h3-6,8,14H,7H2,1-2H3. The van der Waals surface area contributed by atoms with E-state index in [4.69, 9.17) is 0 Å². The minimum atomic E-state index is -0.240. The van der Waals surface area contributed by atoms with E-state index in [1.165, 1.54) is 12.1 Å². The summed E-state index contributed by atoms with van der Waals surface area (Å²) in [4.78, 5) is 4.30. The highest BCUT2D eigenvalue weighted by Crippen LogP contribution is 2.19. The van der Waals surface area contributed by atoms with Gasteiger partial charge in [0, 0.05) is 19.2 Å². The van der Waals surface area contributed by atoms with Gasteiger partial charge in [0.1, 0.15) is 11.6 Å². The number of hydrogen-bond donors (Lipinski definition) is 1. The smallest absolute Gasteiger partial charge is 0.139 e. The third-order valence-electron chi connectivity index (χ3n) is 2.53. The van der Waals surface area contributed by atoms with Crippen LogP contribution in [0.25, 0.3) is 11.4 Å². The molecule has 0 bridgehead atoms. The van der Waals surface area contributed by atoms with Crippen LogP contribution >= 0.6 is 0 Å². The molecule has 0 saturated heterocycles. The Balaban J connectivity index is 2.41. The lowest BCUT2D eigenvalue weighted by molar-refractivity contribution is 0.628. The largest absolute Gasteiger partial charge is 0.330 e. The van der Waals surface area contributed by atoms with Crippen LogP contribution in [0.15, 0.2) is 30.5 Å². The van der Waals surface area contributed by atoms with Crippen LogP contribution < -0.4 is 5.32 Å². The summed E-state index contributed by atoms with van der Waals surface area (Å²) in [7, 11) is 3.81. The van der Waals surface area contributed by atoms with Gasteiger partial charge >= 0.3 is 0 Å². The molecule has 1 N–H and O–H groups in total. The Bertz CT molecular complexity index is 491. The summed E-state index contributed by atoms with van der Waals surface area (Å²) in [6, 6.07) is 6.47. The van der Waals surface area contributed by atoms with E-state index >= 15 is 0 Å². The minimum absolute atomic E-state index is 0.240. The summed E-state index contributed by atoms with van der Waals surface area (Å²) in [6.07, 6.45) is 1.80. The van der Waals surface area contributed by atoms with Crippen LogP contribution in [0.1, 0.15) is 5.69 Å². The first-order chi connectivity index (χ1) is 7.72. The molecule has 1 aromatic carbocycles. The fraction of sp³-hybridized carbons (Fsp3) is 0.250. The van der Waals surface area contributed by atoms with Gasteiger partial charge in [-0.15, -0.1) is 0 Å². The van der Waals surface area contributed by atoms with E-state index in [1.54, 1.807) is 12.3 Å². The third-order valence-corrected chi connectivity index (χ3v) is 2.53. The van der Waals surface area contributed by atoms with E-state index < -0.39 is 0 Å².